The summed E-state index contributed by atoms with van der Waals surface area (Å²) in [5.74, 6) is 2.96. The first-order valence-corrected chi connectivity index (χ1v) is 8.23. The molecule has 0 aromatic carbocycles. The third-order valence-electron chi connectivity index (χ3n) is 4.75. The Hall–Kier alpha value is -1.60. The van der Waals surface area contributed by atoms with Gasteiger partial charge in [-0.3, -0.25) is 4.90 Å². The maximum Gasteiger partial charge on any atom is 0.223 e. The van der Waals surface area contributed by atoms with Crippen molar-refractivity contribution in [1.82, 2.24) is 14.9 Å². The number of nitrogens with zero attached hydrogens (tertiary/aromatic N) is 4. The molecule has 0 unspecified atom stereocenters. The van der Waals surface area contributed by atoms with Gasteiger partial charge < -0.3 is 20.7 Å². The van der Waals surface area contributed by atoms with E-state index >= 15 is 0 Å². The second-order valence-electron chi connectivity index (χ2n) is 6.50. The molecule has 1 aliphatic carbocycles. The van der Waals surface area contributed by atoms with Crippen LogP contribution in [0.15, 0.2) is 6.07 Å². The van der Waals surface area contributed by atoms with Gasteiger partial charge >= 0.3 is 0 Å². The number of nitrogens with one attached hydrogen (secondary N) is 1. The molecule has 4 rings (SSSR count). The molecule has 3 aliphatic rings. The van der Waals surface area contributed by atoms with Gasteiger partial charge in [0.15, 0.2) is 0 Å². The second-order valence-corrected chi connectivity index (χ2v) is 6.50. The predicted octanol–water partition coefficient (Wildman–Crippen LogP) is 0.401. The number of morpholine rings is 1. The fourth-order valence-corrected chi connectivity index (χ4v) is 3.09. The number of nitrogens with two attached hydrogens (primary N) is 1. The molecule has 0 bridgehead atoms. The summed E-state index contributed by atoms with van der Waals surface area (Å²) in [6.07, 6.45) is 2.65. The molecular formula is C15H24N6O. The molecule has 3 N–H and O–H groups in total. The highest BCUT2D eigenvalue weighted by atomic mass is 16.5. The molecule has 0 atom stereocenters. The summed E-state index contributed by atoms with van der Waals surface area (Å²) in [6.45, 7) is 6.80. The third kappa shape index (κ3) is 3.10. The molecule has 0 spiro atoms. The molecule has 3 heterocycles. The first kappa shape index (κ1) is 14.0. The van der Waals surface area contributed by atoms with Crippen LogP contribution in [-0.2, 0) is 4.74 Å². The molecular weight excluding hydrogens is 280 g/mol. The second kappa shape index (κ2) is 5.89. The zero-order valence-electron chi connectivity index (χ0n) is 12.9. The van der Waals surface area contributed by atoms with Crippen LogP contribution in [0.1, 0.15) is 12.8 Å². The standard InChI is InChI=1S/C15H24N6O/c16-15-18-13(17-8-11-1-2-11)7-14(19-15)21-9-12(10-21)20-3-5-22-6-4-20/h7,11-12H,1-6,8-10H2,(H3,16,17,18,19). The highest BCUT2D eigenvalue weighted by molar-refractivity contribution is 5.54. The molecule has 1 saturated carbocycles. The molecule has 2 saturated heterocycles. The fourth-order valence-electron chi connectivity index (χ4n) is 3.09. The number of hydrogen-bond acceptors (Lipinski definition) is 7. The van der Waals surface area contributed by atoms with Gasteiger partial charge in [0, 0.05) is 44.8 Å². The van der Waals surface area contributed by atoms with Gasteiger partial charge in [-0.05, 0) is 18.8 Å². The summed E-state index contributed by atoms with van der Waals surface area (Å²) in [4.78, 5) is 13.5. The van der Waals surface area contributed by atoms with Crippen LogP contribution in [0.25, 0.3) is 0 Å². The molecule has 1 aromatic heterocycles. The number of nitrogen functional groups attached to an aromatic ring is 1. The topological polar surface area (TPSA) is 79.5 Å². The number of rotatable bonds is 5. The highest BCUT2D eigenvalue weighted by Gasteiger charge is 2.33. The minimum Gasteiger partial charge on any atom is -0.379 e. The zero-order chi connectivity index (χ0) is 14.9. The molecule has 22 heavy (non-hydrogen) atoms. The van der Waals surface area contributed by atoms with Crippen LogP contribution in [0, 0.1) is 5.92 Å². The van der Waals surface area contributed by atoms with E-state index in [2.05, 4.69) is 25.1 Å². The Balaban J connectivity index is 1.36. The minimum absolute atomic E-state index is 0.352. The lowest BCUT2D eigenvalue weighted by molar-refractivity contribution is 0.0104. The van der Waals surface area contributed by atoms with Crippen molar-refractivity contribution in [3.63, 3.8) is 0 Å². The lowest BCUT2D eigenvalue weighted by atomic mass is 10.1. The van der Waals surface area contributed by atoms with Crippen LogP contribution in [0.2, 0.25) is 0 Å². The smallest absolute Gasteiger partial charge is 0.223 e. The van der Waals surface area contributed by atoms with Gasteiger partial charge in [0.2, 0.25) is 5.95 Å². The zero-order valence-corrected chi connectivity index (χ0v) is 12.9. The van der Waals surface area contributed by atoms with E-state index in [0.717, 1.165) is 63.5 Å². The molecule has 0 amide bonds. The van der Waals surface area contributed by atoms with E-state index in [4.69, 9.17) is 10.5 Å². The van der Waals surface area contributed by atoms with Crippen LogP contribution in [0.5, 0.6) is 0 Å². The average Bonchev–Trinajstić information content (AvgIpc) is 3.28. The summed E-state index contributed by atoms with van der Waals surface area (Å²) >= 11 is 0. The summed E-state index contributed by atoms with van der Waals surface area (Å²) in [7, 11) is 0. The maximum absolute atomic E-state index is 5.86. The van der Waals surface area contributed by atoms with E-state index in [1.54, 1.807) is 0 Å². The molecule has 120 valence electrons. The minimum atomic E-state index is 0.352. The van der Waals surface area contributed by atoms with E-state index in [1.807, 2.05) is 6.07 Å². The summed E-state index contributed by atoms with van der Waals surface area (Å²) < 4.78 is 5.41. The van der Waals surface area contributed by atoms with Gasteiger partial charge in [-0.1, -0.05) is 0 Å². The number of ether oxygens (including phenoxy) is 1. The molecule has 7 heteroatoms. The van der Waals surface area contributed by atoms with Crippen LogP contribution in [-0.4, -0.2) is 66.8 Å². The highest BCUT2D eigenvalue weighted by Crippen LogP contribution is 2.29. The Bertz CT molecular complexity index is 523. The van der Waals surface area contributed by atoms with Crippen molar-refractivity contribution >= 4 is 17.6 Å². The van der Waals surface area contributed by atoms with Crippen molar-refractivity contribution in [3.8, 4) is 0 Å². The average molecular weight is 304 g/mol. The van der Waals surface area contributed by atoms with E-state index in [0.29, 0.717) is 12.0 Å². The van der Waals surface area contributed by atoms with Crippen LogP contribution in [0.4, 0.5) is 17.6 Å². The molecule has 3 fully saturated rings. The fraction of sp³-hybridized carbons (Fsp3) is 0.733. The lowest BCUT2D eigenvalue weighted by Crippen LogP contribution is -2.61. The van der Waals surface area contributed by atoms with Gasteiger partial charge in [-0.15, -0.1) is 0 Å². The normalized spacial score (nSPS) is 23.4. The van der Waals surface area contributed by atoms with Gasteiger partial charge in [-0.25, -0.2) is 0 Å². The van der Waals surface area contributed by atoms with Crippen LogP contribution >= 0.6 is 0 Å². The lowest BCUT2D eigenvalue weighted by Gasteiger charge is -2.47. The number of hydrogen-bond donors (Lipinski definition) is 2. The molecule has 1 aromatic rings. The quantitative estimate of drug-likeness (QED) is 0.815. The summed E-state index contributed by atoms with van der Waals surface area (Å²) in [5.41, 5.74) is 5.86. The number of anilines is 3. The number of aromatic nitrogens is 2. The Morgan fingerprint density at radius 3 is 2.73 bits per heavy atom. The first-order valence-electron chi connectivity index (χ1n) is 8.23. The van der Waals surface area contributed by atoms with E-state index in [9.17, 15) is 0 Å². The molecule has 0 radical (unpaired) electrons. The Morgan fingerprint density at radius 2 is 2.00 bits per heavy atom. The van der Waals surface area contributed by atoms with Gasteiger partial charge in [0.05, 0.1) is 13.2 Å². The van der Waals surface area contributed by atoms with Crippen LogP contribution in [0.3, 0.4) is 0 Å². The van der Waals surface area contributed by atoms with Crippen molar-refractivity contribution in [2.45, 2.75) is 18.9 Å². The van der Waals surface area contributed by atoms with Crippen molar-refractivity contribution < 1.29 is 4.74 Å². The van der Waals surface area contributed by atoms with Gasteiger partial charge in [-0.2, -0.15) is 9.97 Å². The van der Waals surface area contributed by atoms with Crippen molar-refractivity contribution in [3.05, 3.63) is 6.07 Å². The van der Waals surface area contributed by atoms with Crippen molar-refractivity contribution in [2.24, 2.45) is 5.92 Å². The maximum atomic E-state index is 5.86. The SMILES string of the molecule is Nc1nc(NCC2CC2)cc(N2CC(N3CCOCC3)C2)n1. The summed E-state index contributed by atoms with van der Waals surface area (Å²) in [5, 5.41) is 3.38. The van der Waals surface area contributed by atoms with E-state index in [1.165, 1.54) is 12.8 Å². The van der Waals surface area contributed by atoms with Gasteiger partial charge in [0.25, 0.3) is 0 Å². The Labute approximate surface area is 130 Å². The van der Waals surface area contributed by atoms with E-state index in [-0.39, 0.29) is 0 Å². The summed E-state index contributed by atoms with van der Waals surface area (Å²) in [6, 6.07) is 2.64. The van der Waals surface area contributed by atoms with Gasteiger partial charge in [0.1, 0.15) is 11.6 Å². The predicted molar refractivity (Wildman–Crippen MR) is 86.1 cm³/mol. The first-order chi connectivity index (χ1) is 10.8. The van der Waals surface area contributed by atoms with Crippen LogP contribution < -0.4 is 16.0 Å². The molecule has 7 nitrogen and oxygen atoms in total. The largest absolute Gasteiger partial charge is 0.379 e. The molecule has 2 aliphatic heterocycles. The monoisotopic (exact) mass is 304 g/mol. The Morgan fingerprint density at radius 1 is 1.23 bits per heavy atom. The van der Waals surface area contributed by atoms with Crippen molar-refractivity contribution in [2.75, 3.05) is 61.9 Å². The van der Waals surface area contributed by atoms with Crippen molar-refractivity contribution in [1.29, 1.82) is 0 Å². The van der Waals surface area contributed by atoms with E-state index < -0.39 is 0 Å². The Kier molecular flexibility index (Phi) is 3.75. The third-order valence-corrected chi connectivity index (χ3v) is 4.75.